The van der Waals surface area contributed by atoms with Crippen LogP contribution in [0.1, 0.15) is 5.56 Å². The number of sulfone groups is 1. The SMILES string of the molecule is Cc1cccc(N2C(=N)S[C@@H]3CS(=O)(=O)C[C@@H]32)c1. The Bertz CT molecular complexity index is 612. The summed E-state index contributed by atoms with van der Waals surface area (Å²) in [6.07, 6.45) is 0. The average molecular weight is 282 g/mol. The van der Waals surface area contributed by atoms with E-state index in [1.807, 2.05) is 36.1 Å². The summed E-state index contributed by atoms with van der Waals surface area (Å²) in [6.45, 7) is 2.00. The van der Waals surface area contributed by atoms with Gasteiger partial charge in [-0.05, 0) is 24.6 Å². The zero-order valence-electron chi connectivity index (χ0n) is 9.96. The van der Waals surface area contributed by atoms with Crippen LogP contribution in [0, 0.1) is 12.3 Å². The molecule has 2 saturated heterocycles. The van der Waals surface area contributed by atoms with Gasteiger partial charge in [-0.15, -0.1) is 0 Å². The van der Waals surface area contributed by atoms with Gasteiger partial charge in [0.25, 0.3) is 0 Å². The number of amidine groups is 1. The van der Waals surface area contributed by atoms with Crippen molar-refractivity contribution >= 4 is 32.5 Å². The molecule has 96 valence electrons. The number of fused-ring (bicyclic) bond motifs is 1. The monoisotopic (exact) mass is 282 g/mol. The number of aryl methyl sites for hydroxylation is 1. The van der Waals surface area contributed by atoms with E-state index in [2.05, 4.69) is 0 Å². The highest BCUT2D eigenvalue weighted by molar-refractivity contribution is 8.15. The Hall–Kier alpha value is -1.01. The molecule has 2 aliphatic heterocycles. The Morgan fingerprint density at radius 2 is 2.17 bits per heavy atom. The van der Waals surface area contributed by atoms with Crippen molar-refractivity contribution in [3.8, 4) is 0 Å². The fourth-order valence-electron chi connectivity index (χ4n) is 2.59. The van der Waals surface area contributed by atoms with E-state index in [1.165, 1.54) is 11.8 Å². The molecule has 2 aliphatic rings. The summed E-state index contributed by atoms with van der Waals surface area (Å²) in [5, 5.41) is 8.52. The largest absolute Gasteiger partial charge is 0.316 e. The van der Waals surface area contributed by atoms with E-state index < -0.39 is 9.84 Å². The molecule has 0 amide bonds. The summed E-state index contributed by atoms with van der Waals surface area (Å²) in [7, 11) is -2.94. The van der Waals surface area contributed by atoms with Gasteiger partial charge < -0.3 is 4.90 Å². The molecule has 0 aliphatic carbocycles. The van der Waals surface area contributed by atoms with Crippen LogP contribution in [0.5, 0.6) is 0 Å². The van der Waals surface area contributed by atoms with Crippen LogP contribution in [0.4, 0.5) is 5.69 Å². The molecule has 0 radical (unpaired) electrons. The van der Waals surface area contributed by atoms with E-state index >= 15 is 0 Å². The predicted octanol–water partition coefficient (Wildman–Crippen LogP) is 1.65. The van der Waals surface area contributed by atoms with Crippen LogP contribution in [0.15, 0.2) is 24.3 Å². The van der Waals surface area contributed by atoms with Crippen molar-refractivity contribution in [2.75, 3.05) is 16.4 Å². The van der Waals surface area contributed by atoms with Crippen LogP contribution >= 0.6 is 11.8 Å². The second kappa shape index (κ2) is 3.99. The first-order valence-corrected chi connectivity index (χ1v) is 8.48. The van der Waals surface area contributed by atoms with E-state index in [0.29, 0.717) is 5.17 Å². The average Bonchev–Trinajstić information content (AvgIpc) is 2.68. The van der Waals surface area contributed by atoms with Crippen molar-refractivity contribution < 1.29 is 8.42 Å². The van der Waals surface area contributed by atoms with Crippen LogP contribution in [0.3, 0.4) is 0 Å². The molecule has 0 bridgehead atoms. The van der Waals surface area contributed by atoms with Crippen molar-refractivity contribution in [3.05, 3.63) is 29.8 Å². The topological polar surface area (TPSA) is 61.2 Å². The zero-order valence-corrected chi connectivity index (χ0v) is 11.6. The standard InChI is InChI=1S/C12H14N2O2S2/c1-8-3-2-4-9(5-8)14-10-6-18(15,16)7-11(10)17-12(14)13/h2-5,10-11,13H,6-7H2,1H3/t10-,11+/m0/s1. The van der Waals surface area contributed by atoms with Gasteiger partial charge in [0.2, 0.25) is 0 Å². The normalized spacial score (nSPS) is 29.6. The minimum atomic E-state index is -2.94. The maximum absolute atomic E-state index is 11.7. The number of thioether (sulfide) groups is 1. The molecule has 0 spiro atoms. The second-order valence-electron chi connectivity index (χ2n) is 4.81. The first-order valence-electron chi connectivity index (χ1n) is 5.78. The molecular formula is C12H14N2O2S2. The zero-order chi connectivity index (χ0) is 12.9. The summed E-state index contributed by atoms with van der Waals surface area (Å²) in [4.78, 5) is 1.87. The molecule has 2 heterocycles. The van der Waals surface area contributed by atoms with Gasteiger partial charge in [-0.25, -0.2) is 8.42 Å². The van der Waals surface area contributed by atoms with Crippen molar-refractivity contribution in [2.24, 2.45) is 0 Å². The van der Waals surface area contributed by atoms with Gasteiger partial charge in [0.15, 0.2) is 15.0 Å². The minimum Gasteiger partial charge on any atom is -0.316 e. The van der Waals surface area contributed by atoms with Crippen molar-refractivity contribution in [1.82, 2.24) is 0 Å². The molecule has 2 fully saturated rings. The highest BCUT2D eigenvalue weighted by Crippen LogP contribution is 2.40. The van der Waals surface area contributed by atoms with Gasteiger partial charge in [-0.2, -0.15) is 0 Å². The lowest BCUT2D eigenvalue weighted by molar-refractivity contribution is 0.601. The maximum Gasteiger partial charge on any atom is 0.161 e. The summed E-state index contributed by atoms with van der Waals surface area (Å²) in [6, 6.07) is 7.81. The molecule has 4 nitrogen and oxygen atoms in total. The van der Waals surface area contributed by atoms with E-state index in [0.717, 1.165) is 11.3 Å². The smallest absolute Gasteiger partial charge is 0.161 e. The Morgan fingerprint density at radius 1 is 1.39 bits per heavy atom. The summed E-state index contributed by atoms with van der Waals surface area (Å²) < 4.78 is 23.4. The van der Waals surface area contributed by atoms with Gasteiger partial charge in [-0.1, -0.05) is 23.9 Å². The summed E-state index contributed by atoms with van der Waals surface area (Å²) >= 11 is 1.38. The minimum absolute atomic E-state index is 0.0167. The molecule has 1 aromatic rings. The van der Waals surface area contributed by atoms with Crippen LogP contribution in [0.25, 0.3) is 0 Å². The number of hydrogen-bond acceptors (Lipinski definition) is 4. The molecule has 3 rings (SSSR count). The van der Waals surface area contributed by atoms with Crippen molar-refractivity contribution in [1.29, 1.82) is 5.41 Å². The number of hydrogen-bond donors (Lipinski definition) is 1. The fourth-order valence-corrected chi connectivity index (χ4v) is 6.38. The molecule has 1 N–H and O–H groups in total. The molecule has 6 heteroatoms. The number of nitrogens with one attached hydrogen (secondary N) is 1. The van der Waals surface area contributed by atoms with E-state index in [-0.39, 0.29) is 22.8 Å². The predicted molar refractivity (Wildman–Crippen MR) is 75.2 cm³/mol. The first kappa shape index (κ1) is 12.0. The van der Waals surface area contributed by atoms with Crippen LogP contribution < -0.4 is 4.90 Å². The van der Waals surface area contributed by atoms with Gasteiger partial charge in [0, 0.05) is 10.9 Å². The van der Waals surface area contributed by atoms with Crippen LogP contribution in [-0.4, -0.2) is 36.4 Å². The number of nitrogens with zero attached hydrogens (tertiary/aromatic N) is 1. The van der Waals surface area contributed by atoms with Crippen LogP contribution in [0.2, 0.25) is 0 Å². The third kappa shape index (κ3) is 1.93. The Kier molecular flexibility index (Phi) is 2.67. The lowest BCUT2D eigenvalue weighted by Crippen LogP contribution is -2.37. The molecular weight excluding hydrogens is 268 g/mol. The van der Waals surface area contributed by atoms with E-state index in [4.69, 9.17) is 5.41 Å². The number of rotatable bonds is 1. The molecule has 0 unspecified atom stereocenters. The highest BCUT2D eigenvalue weighted by atomic mass is 32.2. The van der Waals surface area contributed by atoms with Gasteiger partial charge in [-0.3, -0.25) is 5.41 Å². The number of anilines is 1. The van der Waals surface area contributed by atoms with Crippen molar-refractivity contribution in [2.45, 2.75) is 18.2 Å². The highest BCUT2D eigenvalue weighted by Gasteiger charge is 2.48. The second-order valence-corrected chi connectivity index (χ2v) is 8.20. The van der Waals surface area contributed by atoms with Gasteiger partial charge in [0.1, 0.15) is 0 Å². The van der Waals surface area contributed by atoms with Crippen LogP contribution in [-0.2, 0) is 9.84 Å². The Labute approximate surface area is 111 Å². The van der Waals surface area contributed by atoms with Crippen molar-refractivity contribution in [3.63, 3.8) is 0 Å². The molecule has 18 heavy (non-hydrogen) atoms. The molecule has 2 atom stereocenters. The van der Waals surface area contributed by atoms with E-state index in [1.54, 1.807) is 0 Å². The van der Waals surface area contributed by atoms with Gasteiger partial charge >= 0.3 is 0 Å². The Morgan fingerprint density at radius 3 is 2.89 bits per heavy atom. The summed E-state index contributed by atoms with van der Waals surface area (Å²) in [5.74, 6) is 0.369. The van der Waals surface area contributed by atoms with E-state index in [9.17, 15) is 8.42 Å². The number of benzene rings is 1. The first-order chi connectivity index (χ1) is 8.46. The fraction of sp³-hybridized carbons (Fsp3) is 0.417. The lowest BCUT2D eigenvalue weighted by Gasteiger charge is -2.24. The molecule has 1 aromatic carbocycles. The third-order valence-electron chi connectivity index (χ3n) is 3.37. The third-order valence-corrected chi connectivity index (χ3v) is 6.50. The quantitative estimate of drug-likeness (QED) is 0.851. The van der Waals surface area contributed by atoms with Gasteiger partial charge in [0.05, 0.1) is 17.5 Å². The molecule has 0 aromatic heterocycles. The maximum atomic E-state index is 11.7. The molecule has 0 saturated carbocycles. The Balaban J connectivity index is 1.99. The summed E-state index contributed by atoms with van der Waals surface area (Å²) in [5.41, 5.74) is 2.05. The lowest BCUT2D eigenvalue weighted by atomic mass is 10.1.